The molecule has 2 amide bonds. The predicted molar refractivity (Wildman–Crippen MR) is 106 cm³/mol. The summed E-state index contributed by atoms with van der Waals surface area (Å²) in [6, 6.07) is 0.994. The quantitative estimate of drug-likeness (QED) is 0.372. The molecule has 1 aromatic rings. The molecule has 0 radical (unpaired) electrons. The molecule has 3 rings (SSSR count). The first-order chi connectivity index (χ1) is 13.3. The van der Waals surface area contributed by atoms with E-state index in [1.165, 1.54) is 16.0 Å². The van der Waals surface area contributed by atoms with Crippen molar-refractivity contribution < 1.29 is 23.8 Å². The van der Waals surface area contributed by atoms with Gasteiger partial charge in [0.05, 0.1) is 12.7 Å². The Labute approximate surface area is 165 Å². The van der Waals surface area contributed by atoms with Crippen LogP contribution < -0.4 is 14.5 Å². The van der Waals surface area contributed by atoms with Gasteiger partial charge in [-0.2, -0.15) is 0 Å². The van der Waals surface area contributed by atoms with Gasteiger partial charge in [0, 0.05) is 21.1 Å². The molecule has 28 heavy (non-hydrogen) atoms. The molecule has 0 N–H and O–H groups in total. The average Bonchev–Trinajstić information content (AvgIpc) is 2.99. The summed E-state index contributed by atoms with van der Waals surface area (Å²) in [7, 11) is -1.23. The van der Waals surface area contributed by atoms with Gasteiger partial charge in [-0.1, -0.05) is 25.7 Å². The lowest BCUT2D eigenvalue weighted by atomic mass is 10.2. The summed E-state index contributed by atoms with van der Waals surface area (Å²) in [5.41, 5.74) is 0. The summed E-state index contributed by atoms with van der Waals surface area (Å²) in [5.74, 6) is 0.537. The van der Waals surface area contributed by atoms with Crippen molar-refractivity contribution in [1.29, 1.82) is 0 Å². The highest BCUT2D eigenvalue weighted by Crippen LogP contribution is 2.31. The van der Waals surface area contributed by atoms with E-state index < -0.39 is 14.2 Å². The van der Waals surface area contributed by atoms with Crippen LogP contribution in [0.2, 0.25) is 25.7 Å². The fraction of sp³-hybridized carbons (Fsp3) is 0.556. The Morgan fingerprint density at radius 1 is 1.39 bits per heavy atom. The third-order valence-electron chi connectivity index (χ3n) is 4.40. The number of carbonyl (C=O) groups is 2. The molecule has 1 saturated heterocycles. The van der Waals surface area contributed by atoms with Gasteiger partial charge in [0.25, 0.3) is 11.8 Å². The zero-order valence-electron chi connectivity index (χ0n) is 16.5. The molecule has 9 nitrogen and oxygen atoms in total. The second kappa shape index (κ2) is 8.27. The van der Waals surface area contributed by atoms with E-state index in [0.717, 1.165) is 6.04 Å². The molecule has 10 heteroatoms. The van der Waals surface area contributed by atoms with Gasteiger partial charge >= 0.3 is 6.09 Å². The zero-order chi connectivity index (χ0) is 20.3. The molecular formula is C18H26N4O5Si. The zero-order valence-corrected chi connectivity index (χ0v) is 17.5. The highest BCUT2D eigenvalue weighted by molar-refractivity contribution is 6.76. The highest BCUT2D eigenvalue weighted by atomic mass is 28.3. The minimum Gasteiger partial charge on any atom is -0.465 e. The van der Waals surface area contributed by atoms with E-state index in [4.69, 9.17) is 14.2 Å². The average molecular weight is 407 g/mol. The minimum atomic E-state index is -1.23. The smallest absolute Gasteiger partial charge is 0.416 e. The number of amides is 2. The van der Waals surface area contributed by atoms with Crippen LogP contribution in [0.4, 0.5) is 16.4 Å². The van der Waals surface area contributed by atoms with Crippen molar-refractivity contribution in [3.8, 4) is 5.88 Å². The molecule has 2 aliphatic rings. The van der Waals surface area contributed by atoms with Crippen LogP contribution in [0.5, 0.6) is 5.88 Å². The first-order valence-electron chi connectivity index (χ1n) is 9.25. The van der Waals surface area contributed by atoms with Crippen LogP contribution in [-0.2, 0) is 14.3 Å². The molecule has 1 unspecified atom stereocenters. The molecule has 2 aliphatic heterocycles. The first kappa shape index (κ1) is 20.3. The van der Waals surface area contributed by atoms with E-state index in [1.807, 2.05) is 0 Å². The maximum Gasteiger partial charge on any atom is 0.416 e. The van der Waals surface area contributed by atoms with Gasteiger partial charge in [0.15, 0.2) is 12.4 Å². The predicted octanol–water partition coefficient (Wildman–Crippen LogP) is 2.42. The number of anilines is 2. The lowest BCUT2D eigenvalue weighted by molar-refractivity contribution is -0.122. The van der Waals surface area contributed by atoms with Crippen LogP contribution in [-0.4, -0.2) is 62.6 Å². The van der Waals surface area contributed by atoms with E-state index in [2.05, 4.69) is 36.2 Å². The van der Waals surface area contributed by atoms with Crippen LogP contribution in [0.3, 0.4) is 0 Å². The maximum absolute atomic E-state index is 12.3. The van der Waals surface area contributed by atoms with Crippen molar-refractivity contribution in [2.45, 2.75) is 38.2 Å². The monoisotopic (exact) mass is 406 g/mol. The maximum atomic E-state index is 12.3. The Morgan fingerprint density at radius 2 is 2.18 bits per heavy atom. The van der Waals surface area contributed by atoms with E-state index in [9.17, 15) is 9.59 Å². The van der Waals surface area contributed by atoms with Gasteiger partial charge in [-0.05, 0) is 6.04 Å². The molecule has 1 aromatic heterocycles. The molecule has 0 aromatic carbocycles. The van der Waals surface area contributed by atoms with Crippen molar-refractivity contribution in [1.82, 2.24) is 9.97 Å². The Hall–Kier alpha value is -2.46. The number of aromatic nitrogens is 2. The van der Waals surface area contributed by atoms with Gasteiger partial charge in [0.2, 0.25) is 5.82 Å². The normalized spacial score (nSPS) is 19.3. The number of hydrogen-bond acceptors (Lipinski definition) is 7. The van der Waals surface area contributed by atoms with Crippen LogP contribution in [0.15, 0.2) is 18.9 Å². The summed E-state index contributed by atoms with van der Waals surface area (Å²) in [6.45, 7) is 11.3. The third-order valence-corrected chi connectivity index (χ3v) is 6.10. The Kier molecular flexibility index (Phi) is 5.99. The third kappa shape index (κ3) is 4.68. The van der Waals surface area contributed by atoms with Crippen molar-refractivity contribution in [3.63, 3.8) is 0 Å². The van der Waals surface area contributed by atoms with Crippen molar-refractivity contribution in [2.24, 2.45) is 0 Å². The van der Waals surface area contributed by atoms with E-state index in [-0.39, 0.29) is 37.0 Å². The number of nitrogens with zero attached hydrogens (tertiary/aromatic N) is 4. The molecule has 1 fully saturated rings. The Morgan fingerprint density at radius 3 is 2.89 bits per heavy atom. The van der Waals surface area contributed by atoms with Gasteiger partial charge in [-0.15, -0.1) is 6.58 Å². The molecular weight excluding hydrogens is 380 g/mol. The summed E-state index contributed by atoms with van der Waals surface area (Å²) in [6.07, 6.45) is 2.92. The largest absolute Gasteiger partial charge is 0.465 e. The summed E-state index contributed by atoms with van der Waals surface area (Å²) in [4.78, 5) is 35.9. The van der Waals surface area contributed by atoms with E-state index in [0.29, 0.717) is 25.4 Å². The second-order valence-electron chi connectivity index (χ2n) is 7.96. The van der Waals surface area contributed by atoms with Crippen molar-refractivity contribution >= 4 is 31.7 Å². The molecule has 0 bridgehead atoms. The molecule has 1 atom stereocenters. The van der Waals surface area contributed by atoms with E-state index >= 15 is 0 Å². The highest BCUT2D eigenvalue weighted by Gasteiger charge is 2.35. The van der Waals surface area contributed by atoms with Gasteiger partial charge in [-0.3, -0.25) is 14.6 Å². The summed E-state index contributed by atoms with van der Waals surface area (Å²) >= 11 is 0. The number of ether oxygens (including phenoxy) is 3. The fourth-order valence-corrected chi connectivity index (χ4v) is 3.53. The van der Waals surface area contributed by atoms with Gasteiger partial charge in [0.1, 0.15) is 12.8 Å². The molecule has 0 spiro atoms. The van der Waals surface area contributed by atoms with Crippen molar-refractivity contribution in [2.75, 3.05) is 36.3 Å². The molecule has 0 saturated carbocycles. The topological polar surface area (TPSA) is 94.1 Å². The van der Waals surface area contributed by atoms with Crippen LogP contribution in [0.1, 0.15) is 6.42 Å². The number of fused-ring (bicyclic) bond motifs is 1. The molecule has 0 aliphatic carbocycles. The summed E-state index contributed by atoms with van der Waals surface area (Å²) < 4.78 is 16.4. The van der Waals surface area contributed by atoms with Crippen LogP contribution in [0, 0.1) is 0 Å². The lowest BCUT2D eigenvalue weighted by Crippen LogP contribution is -2.42. The van der Waals surface area contributed by atoms with Crippen LogP contribution >= 0.6 is 0 Å². The summed E-state index contributed by atoms with van der Waals surface area (Å²) in [5, 5.41) is 0. The lowest BCUT2D eigenvalue weighted by Gasteiger charge is -2.28. The van der Waals surface area contributed by atoms with Gasteiger partial charge < -0.3 is 14.2 Å². The fourth-order valence-electron chi connectivity index (χ4n) is 2.78. The number of cyclic esters (lactones) is 1. The van der Waals surface area contributed by atoms with E-state index in [1.54, 1.807) is 6.08 Å². The van der Waals surface area contributed by atoms with Crippen LogP contribution in [0.25, 0.3) is 0 Å². The minimum absolute atomic E-state index is 0.0708. The number of rotatable bonds is 8. The molecule has 3 heterocycles. The number of carbonyl (C=O) groups excluding carboxylic acids is 2. The Balaban J connectivity index is 1.74. The SMILES string of the molecule is C=CCC1CN(c2cnc3c(n2)N(COCC[Si](C)(C)C)C(=O)CO3)C(=O)O1. The first-order valence-corrected chi connectivity index (χ1v) is 13.0. The van der Waals surface area contributed by atoms with Crippen molar-refractivity contribution in [3.05, 3.63) is 18.9 Å². The Bertz CT molecular complexity index is 767. The molecule has 152 valence electrons. The standard InChI is InChI=1S/C18H26N4O5Si/c1-5-6-13-10-21(18(24)27-13)14-9-19-17-16(20-14)22(15(23)11-26-17)12-25-7-8-28(2,3)4/h5,9,13H,1,6-8,10-12H2,2-4H3. The number of hydrogen-bond donors (Lipinski definition) is 0. The second-order valence-corrected chi connectivity index (χ2v) is 13.6. The van der Waals surface area contributed by atoms with Gasteiger partial charge in [-0.25, -0.2) is 14.8 Å².